The van der Waals surface area contributed by atoms with Crippen LogP contribution in [0, 0.1) is 0 Å². The highest BCUT2D eigenvalue weighted by Gasteiger charge is 2.22. The lowest BCUT2D eigenvalue weighted by Crippen LogP contribution is -2.41. The summed E-state index contributed by atoms with van der Waals surface area (Å²) in [6, 6.07) is 2.82. The molecule has 0 aromatic heterocycles. The summed E-state index contributed by atoms with van der Waals surface area (Å²) >= 11 is 1.46. The van der Waals surface area contributed by atoms with E-state index in [4.69, 9.17) is 4.74 Å². The van der Waals surface area contributed by atoms with Crippen molar-refractivity contribution in [1.29, 1.82) is 0 Å². The highest BCUT2D eigenvalue weighted by molar-refractivity contribution is 7.98. The maximum atomic E-state index is 12.3. The lowest BCUT2D eigenvalue weighted by Gasteiger charge is -2.20. The zero-order valence-corrected chi connectivity index (χ0v) is 16.0. The van der Waals surface area contributed by atoms with Gasteiger partial charge in [0.15, 0.2) is 0 Å². The number of rotatable bonds is 7. The highest BCUT2D eigenvalue weighted by Crippen LogP contribution is 2.22. The highest BCUT2D eigenvalue weighted by atomic mass is 32.2. The number of phenolic OH excluding ortho intramolecular Hbond substituents is 1. The molecule has 0 aliphatic heterocycles. The van der Waals surface area contributed by atoms with Crippen LogP contribution in [0.2, 0.25) is 0 Å². The number of amides is 2. The van der Waals surface area contributed by atoms with E-state index in [1.54, 1.807) is 20.8 Å². The summed E-state index contributed by atoms with van der Waals surface area (Å²) in [7, 11) is 0. The second-order valence-corrected chi connectivity index (χ2v) is 7.49. The number of hydrogen-bond donors (Lipinski definition) is 4. The monoisotopic (exact) mass is 384 g/mol. The van der Waals surface area contributed by atoms with Crippen molar-refractivity contribution in [1.82, 2.24) is 5.32 Å². The van der Waals surface area contributed by atoms with Gasteiger partial charge in [-0.3, -0.25) is 10.1 Å². The number of ether oxygens (including phenoxy) is 1. The van der Waals surface area contributed by atoms with E-state index in [0.29, 0.717) is 5.75 Å². The third-order valence-electron chi connectivity index (χ3n) is 3.10. The number of carboxylic acid groups (broad SMARTS) is 1. The SMILES string of the molecule is CSCC[C@H](NC(=O)c1cc(NC(=O)OC(C)(C)C)ccc1O)C(=O)O. The molecule has 0 unspecified atom stereocenters. The molecule has 1 aromatic rings. The fraction of sp³-hybridized carbons (Fsp3) is 0.471. The van der Waals surface area contributed by atoms with E-state index < -0.39 is 29.6 Å². The lowest BCUT2D eigenvalue weighted by molar-refractivity contribution is -0.139. The van der Waals surface area contributed by atoms with E-state index in [-0.39, 0.29) is 23.4 Å². The molecule has 2 amide bonds. The van der Waals surface area contributed by atoms with Gasteiger partial charge >= 0.3 is 12.1 Å². The topological polar surface area (TPSA) is 125 Å². The first-order valence-corrected chi connectivity index (χ1v) is 9.28. The minimum atomic E-state index is -1.16. The number of anilines is 1. The van der Waals surface area contributed by atoms with Gasteiger partial charge in [0, 0.05) is 5.69 Å². The van der Waals surface area contributed by atoms with Crippen LogP contribution in [0.3, 0.4) is 0 Å². The van der Waals surface area contributed by atoms with Crippen molar-refractivity contribution in [2.45, 2.75) is 38.8 Å². The predicted molar refractivity (Wildman–Crippen MR) is 99.9 cm³/mol. The van der Waals surface area contributed by atoms with Crippen LogP contribution in [0.25, 0.3) is 0 Å². The molecule has 0 saturated carbocycles. The molecule has 1 rings (SSSR count). The van der Waals surface area contributed by atoms with Gasteiger partial charge in [0.25, 0.3) is 5.91 Å². The van der Waals surface area contributed by atoms with Gasteiger partial charge in [-0.15, -0.1) is 0 Å². The summed E-state index contributed by atoms with van der Waals surface area (Å²) in [5, 5.41) is 23.9. The molecule has 0 spiro atoms. The molecule has 0 bridgehead atoms. The summed E-state index contributed by atoms with van der Waals surface area (Å²) in [6.07, 6.45) is 1.37. The van der Waals surface area contributed by atoms with Crippen LogP contribution in [0.5, 0.6) is 5.75 Å². The van der Waals surface area contributed by atoms with Crippen LogP contribution < -0.4 is 10.6 Å². The Hall–Kier alpha value is -2.42. The van der Waals surface area contributed by atoms with E-state index in [1.165, 1.54) is 30.0 Å². The third-order valence-corrected chi connectivity index (χ3v) is 3.74. The second-order valence-electron chi connectivity index (χ2n) is 6.50. The number of thioether (sulfide) groups is 1. The van der Waals surface area contributed by atoms with Crippen molar-refractivity contribution in [3.8, 4) is 5.75 Å². The molecule has 8 nitrogen and oxygen atoms in total. The fourth-order valence-corrected chi connectivity index (χ4v) is 2.42. The normalized spacial score (nSPS) is 12.2. The molecule has 0 aliphatic carbocycles. The minimum absolute atomic E-state index is 0.144. The first kappa shape index (κ1) is 21.6. The molecule has 1 atom stereocenters. The largest absolute Gasteiger partial charge is 0.507 e. The standard InChI is InChI=1S/C17H24N2O6S/c1-17(2,3)25-16(24)18-10-5-6-13(20)11(9-10)14(21)19-12(15(22)23)7-8-26-4/h5-6,9,12,20H,7-8H2,1-4H3,(H,18,24)(H,19,21)(H,22,23)/t12-/m0/s1. The number of aliphatic carboxylic acids is 1. The lowest BCUT2D eigenvalue weighted by atomic mass is 10.1. The Labute approximate surface area is 156 Å². The number of phenols is 1. The molecule has 0 radical (unpaired) electrons. The zero-order valence-electron chi connectivity index (χ0n) is 15.2. The summed E-state index contributed by atoms with van der Waals surface area (Å²) in [4.78, 5) is 35.4. The molecule has 144 valence electrons. The molecule has 1 aromatic carbocycles. The number of hydrogen-bond acceptors (Lipinski definition) is 6. The van der Waals surface area contributed by atoms with E-state index in [1.807, 2.05) is 6.26 Å². The van der Waals surface area contributed by atoms with Crippen molar-refractivity contribution < 1.29 is 29.3 Å². The van der Waals surface area contributed by atoms with Gasteiger partial charge in [0.2, 0.25) is 0 Å². The Morgan fingerprint density at radius 2 is 1.92 bits per heavy atom. The number of nitrogens with one attached hydrogen (secondary N) is 2. The number of aromatic hydroxyl groups is 1. The quantitative estimate of drug-likeness (QED) is 0.533. The van der Waals surface area contributed by atoms with Gasteiger partial charge in [-0.1, -0.05) is 0 Å². The number of carbonyl (C=O) groups excluding carboxylic acids is 2. The van der Waals surface area contributed by atoms with Gasteiger partial charge in [0.1, 0.15) is 17.4 Å². The molecule has 0 heterocycles. The van der Waals surface area contributed by atoms with Gasteiger partial charge in [-0.05, 0) is 57.4 Å². The molecule has 26 heavy (non-hydrogen) atoms. The number of benzene rings is 1. The molecule has 0 aliphatic rings. The number of carboxylic acids is 1. The minimum Gasteiger partial charge on any atom is -0.507 e. The van der Waals surface area contributed by atoms with Crippen molar-refractivity contribution >= 4 is 35.4 Å². The van der Waals surface area contributed by atoms with Crippen LogP contribution in [-0.2, 0) is 9.53 Å². The molecule has 0 fully saturated rings. The number of carbonyl (C=O) groups is 3. The second kappa shape index (κ2) is 9.33. The van der Waals surface area contributed by atoms with Gasteiger partial charge in [-0.25, -0.2) is 9.59 Å². The molecular formula is C17H24N2O6S. The van der Waals surface area contributed by atoms with Crippen LogP contribution in [0.15, 0.2) is 18.2 Å². The van der Waals surface area contributed by atoms with E-state index >= 15 is 0 Å². The maximum absolute atomic E-state index is 12.3. The average molecular weight is 384 g/mol. The molecular weight excluding hydrogens is 360 g/mol. The summed E-state index contributed by atoms with van der Waals surface area (Å²) in [5.41, 5.74) is -0.597. The zero-order chi connectivity index (χ0) is 19.9. The predicted octanol–water partition coefficient (Wildman–Crippen LogP) is 2.68. The first-order valence-electron chi connectivity index (χ1n) is 7.89. The van der Waals surface area contributed by atoms with Crippen molar-refractivity contribution in [2.24, 2.45) is 0 Å². The van der Waals surface area contributed by atoms with Crippen molar-refractivity contribution in [3.05, 3.63) is 23.8 Å². The Morgan fingerprint density at radius 3 is 2.46 bits per heavy atom. The molecule has 9 heteroatoms. The van der Waals surface area contributed by atoms with Gasteiger partial charge in [-0.2, -0.15) is 11.8 Å². The van der Waals surface area contributed by atoms with Gasteiger partial charge in [0.05, 0.1) is 5.56 Å². The summed E-state index contributed by atoms with van der Waals surface area (Å²) in [6.45, 7) is 5.13. The van der Waals surface area contributed by atoms with Crippen LogP contribution in [0.1, 0.15) is 37.6 Å². The van der Waals surface area contributed by atoms with Crippen molar-refractivity contribution in [3.63, 3.8) is 0 Å². The summed E-state index contributed by atoms with van der Waals surface area (Å²) < 4.78 is 5.12. The van der Waals surface area contributed by atoms with Gasteiger partial charge < -0.3 is 20.3 Å². The smallest absolute Gasteiger partial charge is 0.412 e. The molecule has 4 N–H and O–H groups in total. The summed E-state index contributed by atoms with van der Waals surface area (Å²) in [5.74, 6) is -1.67. The van der Waals surface area contributed by atoms with Crippen LogP contribution in [0.4, 0.5) is 10.5 Å². The van der Waals surface area contributed by atoms with E-state index in [0.717, 1.165) is 0 Å². The Bertz CT molecular complexity index is 672. The van der Waals surface area contributed by atoms with E-state index in [9.17, 15) is 24.6 Å². The average Bonchev–Trinajstić information content (AvgIpc) is 2.50. The Morgan fingerprint density at radius 1 is 1.27 bits per heavy atom. The van der Waals surface area contributed by atoms with Crippen LogP contribution in [-0.4, -0.2) is 51.8 Å². The van der Waals surface area contributed by atoms with Crippen LogP contribution >= 0.6 is 11.8 Å². The third kappa shape index (κ3) is 7.22. The van der Waals surface area contributed by atoms with E-state index in [2.05, 4.69) is 10.6 Å². The fourth-order valence-electron chi connectivity index (χ4n) is 1.95. The maximum Gasteiger partial charge on any atom is 0.412 e. The Balaban J connectivity index is 2.90. The Kier molecular flexibility index (Phi) is 7.76. The molecule has 0 saturated heterocycles. The first-order chi connectivity index (χ1) is 12.0. The van der Waals surface area contributed by atoms with Crippen molar-refractivity contribution in [2.75, 3.05) is 17.3 Å².